The van der Waals surface area contributed by atoms with Crippen molar-refractivity contribution in [2.75, 3.05) is 6.54 Å². The zero-order valence-corrected chi connectivity index (χ0v) is 14.2. The first-order valence-corrected chi connectivity index (χ1v) is 8.45. The smallest absolute Gasteiger partial charge is 0.198 e. The van der Waals surface area contributed by atoms with Gasteiger partial charge >= 0.3 is 0 Å². The molecule has 3 heteroatoms. The predicted octanol–water partition coefficient (Wildman–Crippen LogP) is 2.41. The van der Waals surface area contributed by atoms with E-state index in [9.17, 15) is 4.79 Å². The van der Waals surface area contributed by atoms with Gasteiger partial charge in [-0.1, -0.05) is 6.07 Å². The number of hydrogen-bond donors (Lipinski definition) is 2. The lowest BCUT2D eigenvalue weighted by Gasteiger charge is -2.30. The highest BCUT2D eigenvalue weighted by Crippen LogP contribution is 2.18. The molecule has 2 N–H and O–H groups in total. The summed E-state index contributed by atoms with van der Waals surface area (Å²) in [5, 5.41) is 0.841. The molecular formula is C19H27N2O+. The van der Waals surface area contributed by atoms with Crippen LogP contribution in [0.5, 0.6) is 0 Å². The maximum Gasteiger partial charge on any atom is 0.198 e. The van der Waals surface area contributed by atoms with Crippen LogP contribution in [0.2, 0.25) is 0 Å². The van der Waals surface area contributed by atoms with E-state index in [1.54, 1.807) is 4.90 Å². The molecule has 3 nitrogen and oxygen atoms in total. The summed E-state index contributed by atoms with van der Waals surface area (Å²) in [6.07, 6.45) is 3.89. The third-order valence-electron chi connectivity index (χ3n) is 5.51. The van der Waals surface area contributed by atoms with Gasteiger partial charge in [-0.3, -0.25) is 4.79 Å². The SMILES string of the molecule is Cc1ccc2c(=O)c(C[NH+]3CCCCC3C)c(C)[nH]c2c1C. The summed E-state index contributed by atoms with van der Waals surface area (Å²) in [7, 11) is 0. The molecule has 0 bridgehead atoms. The van der Waals surface area contributed by atoms with E-state index < -0.39 is 0 Å². The van der Waals surface area contributed by atoms with Crippen LogP contribution < -0.4 is 10.3 Å². The van der Waals surface area contributed by atoms with Gasteiger partial charge in [0.05, 0.1) is 23.7 Å². The summed E-state index contributed by atoms with van der Waals surface area (Å²) < 4.78 is 0. The van der Waals surface area contributed by atoms with Crippen molar-refractivity contribution in [3.05, 3.63) is 44.7 Å². The Morgan fingerprint density at radius 2 is 2.00 bits per heavy atom. The van der Waals surface area contributed by atoms with Gasteiger partial charge in [0.1, 0.15) is 6.54 Å². The van der Waals surface area contributed by atoms with Crippen LogP contribution in [0.1, 0.15) is 48.6 Å². The minimum absolute atomic E-state index is 0.222. The number of aromatic amines is 1. The molecule has 1 aromatic heterocycles. The summed E-state index contributed by atoms with van der Waals surface area (Å²) in [4.78, 5) is 18.0. The Kier molecular flexibility index (Phi) is 4.09. The molecule has 1 aliphatic heterocycles. The molecule has 0 spiro atoms. The highest BCUT2D eigenvalue weighted by atomic mass is 16.1. The van der Waals surface area contributed by atoms with Gasteiger partial charge in [-0.15, -0.1) is 0 Å². The van der Waals surface area contributed by atoms with Crippen molar-refractivity contribution >= 4 is 10.9 Å². The van der Waals surface area contributed by atoms with Crippen LogP contribution in [0.3, 0.4) is 0 Å². The normalized spacial score (nSPS) is 22.2. The van der Waals surface area contributed by atoms with E-state index in [2.05, 4.69) is 31.8 Å². The quantitative estimate of drug-likeness (QED) is 0.878. The molecule has 2 atom stereocenters. The fourth-order valence-corrected chi connectivity index (χ4v) is 3.72. The van der Waals surface area contributed by atoms with Crippen molar-refractivity contribution < 1.29 is 4.90 Å². The van der Waals surface area contributed by atoms with Crippen molar-refractivity contribution in [1.29, 1.82) is 0 Å². The fourth-order valence-electron chi connectivity index (χ4n) is 3.72. The number of rotatable bonds is 2. The van der Waals surface area contributed by atoms with Gasteiger partial charge in [-0.2, -0.15) is 0 Å². The number of aryl methyl sites for hydroxylation is 3. The Labute approximate surface area is 132 Å². The van der Waals surface area contributed by atoms with Gasteiger partial charge in [0.25, 0.3) is 0 Å². The molecule has 1 saturated heterocycles. The third-order valence-corrected chi connectivity index (χ3v) is 5.51. The van der Waals surface area contributed by atoms with E-state index in [1.807, 2.05) is 13.0 Å². The number of hydrogen-bond acceptors (Lipinski definition) is 1. The average molecular weight is 299 g/mol. The summed E-state index contributed by atoms with van der Waals surface area (Å²) in [5.41, 5.74) is 5.65. The van der Waals surface area contributed by atoms with Crippen molar-refractivity contribution in [2.45, 2.75) is 59.5 Å². The highest BCUT2D eigenvalue weighted by molar-refractivity contribution is 5.83. The lowest BCUT2D eigenvalue weighted by atomic mass is 10.00. The topological polar surface area (TPSA) is 37.3 Å². The van der Waals surface area contributed by atoms with E-state index in [1.165, 1.54) is 36.9 Å². The number of likely N-dealkylation sites (tertiary alicyclic amines) is 1. The van der Waals surface area contributed by atoms with Crippen LogP contribution in [0.25, 0.3) is 10.9 Å². The van der Waals surface area contributed by atoms with E-state index in [-0.39, 0.29) is 5.43 Å². The van der Waals surface area contributed by atoms with Crippen LogP contribution >= 0.6 is 0 Å². The second-order valence-electron chi connectivity index (χ2n) is 6.97. The Morgan fingerprint density at radius 1 is 1.23 bits per heavy atom. The molecular weight excluding hydrogens is 272 g/mol. The number of benzene rings is 1. The molecule has 0 aliphatic carbocycles. The Bertz CT molecular complexity index is 760. The first-order chi connectivity index (χ1) is 10.5. The van der Waals surface area contributed by atoms with Gasteiger partial charge in [0.2, 0.25) is 0 Å². The predicted molar refractivity (Wildman–Crippen MR) is 91.6 cm³/mol. The number of aromatic nitrogens is 1. The lowest BCUT2D eigenvalue weighted by molar-refractivity contribution is -0.942. The summed E-state index contributed by atoms with van der Waals surface area (Å²) in [6.45, 7) is 10.6. The number of nitrogens with one attached hydrogen (secondary N) is 2. The molecule has 2 aromatic rings. The van der Waals surface area contributed by atoms with E-state index in [0.717, 1.165) is 28.7 Å². The molecule has 0 saturated carbocycles. The number of piperidine rings is 1. The molecule has 0 radical (unpaired) electrons. The molecule has 1 aliphatic rings. The van der Waals surface area contributed by atoms with Crippen LogP contribution in [-0.2, 0) is 6.54 Å². The monoisotopic (exact) mass is 299 g/mol. The number of fused-ring (bicyclic) bond motifs is 1. The summed E-state index contributed by atoms with van der Waals surface area (Å²) in [6, 6.07) is 4.69. The first-order valence-electron chi connectivity index (χ1n) is 8.45. The maximum absolute atomic E-state index is 13.0. The van der Waals surface area contributed by atoms with Crippen LogP contribution in [0.4, 0.5) is 0 Å². The fraction of sp³-hybridized carbons (Fsp3) is 0.526. The summed E-state index contributed by atoms with van der Waals surface area (Å²) >= 11 is 0. The first kappa shape index (κ1) is 15.3. The third kappa shape index (κ3) is 2.58. The molecule has 118 valence electrons. The van der Waals surface area contributed by atoms with Crippen molar-refractivity contribution in [3.63, 3.8) is 0 Å². The van der Waals surface area contributed by atoms with Gasteiger partial charge < -0.3 is 9.88 Å². The Hall–Kier alpha value is -1.61. The Balaban J connectivity index is 2.07. The van der Waals surface area contributed by atoms with Crippen molar-refractivity contribution in [3.8, 4) is 0 Å². The average Bonchev–Trinajstić information content (AvgIpc) is 2.49. The molecule has 0 amide bonds. The molecule has 3 rings (SSSR count). The van der Waals surface area contributed by atoms with Crippen molar-refractivity contribution in [1.82, 2.24) is 4.98 Å². The van der Waals surface area contributed by atoms with Gasteiger partial charge in [-0.25, -0.2) is 0 Å². The Morgan fingerprint density at radius 3 is 2.73 bits per heavy atom. The van der Waals surface area contributed by atoms with Crippen molar-refractivity contribution in [2.24, 2.45) is 0 Å². The minimum Gasteiger partial charge on any atom is -0.358 e. The van der Waals surface area contributed by atoms with E-state index in [4.69, 9.17) is 0 Å². The standard InChI is InChI=1S/C19H26N2O/c1-12-8-9-16-18(14(12)3)20-15(4)17(19(16)22)11-21-10-6-5-7-13(21)2/h8-9,13H,5-7,10-11H2,1-4H3,(H,20,22)/p+1. The molecule has 2 heterocycles. The minimum atomic E-state index is 0.222. The number of pyridine rings is 1. The molecule has 22 heavy (non-hydrogen) atoms. The van der Waals surface area contributed by atoms with Gasteiger partial charge in [0, 0.05) is 11.1 Å². The molecule has 2 unspecified atom stereocenters. The second kappa shape index (κ2) is 5.88. The highest BCUT2D eigenvalue weighted by Gasteiger charge is 2.24. The van der Waals surface area contributed by atoms with Crippen LogP contribution in [0, 0.1) is 20.8 Å². The maximum atomic E-state index is 13.0. The second-order valence-corrected chi connectivity index (χ2v) is 6.97. The summed E-state index contributed by atoms with van der Waals surface area (Å²) in [5.74, 6) is 0. The number of quaternary nitrogens is 1. The van der Waals surface area contributed by atoms with Crippen LogP contribution in [-0.4, -0.2) is 17.6 Å². The molecule has 1 aromatic carbocycles. The zero-order valence-electron chi connectivity index (χ0n) is 14.2. The lowest BCUT2D eigenvalue weighted by Crippen LogP contribution is -3.15. The zero-order chi connectivity index (χ0) is 15.9. The van der Waals surface area contributed by atoms with E-state index in [0.29, 0.717) is 6.04 Å². The van der Waals surface area contributed by atoms with Crippen LogP contribution in [0.15, 0.2) is 16.9 Å². The van der Waals surface area contributed by atoms with E-state index >= 15 is 0 Å². The largest absolute Gasteiger partial charge is 0.358 e. The molecule has 1 fully saturated rings. The van der Waals surface area contributed by atoms with Gasteiger partial charge in [-0.05, 0) is 64.2 Å². The van der Waals surface area contributed by atoms with Gasteiger partial charge in [0.15, 0.2) is 5.43 Å². The number of H-pyrrole nitrogens is 1.